The number of aromatic hydroxyl groups is 1. The Morgan fingerprint density at radius 1 is 1.29 bits per heavy atom. The van der Waals surface area contributed by atoms with Crippen molar-refractivity contribution in [2.24, 2.45) is 21.9 Å². The van der Waals surface area contributed by atoms with Gasteiger partial charge in [-0.15, -0.1) is 10.2 Å². The average molecular weight is 429 g/mol. The van der Waals surface area contributed by atoms with Crippen molar-refractivity contribution in [1.82, 2.24) is 4.57 Å². The Labute approximate surface area is 179 Å². The largest absolute Gasteiger partial charge is 0.494 e. The van der Waals surface area contributed by atoms with Gasteiger partial charge < -0.3 is 10.8 Å². The lowest BCUT2D eigenvalue weighted by molar-refractivity contribution is -0.384. The molecule has 31 heavy (non-hydrogen) atoms. The molecule has 1 heterocycles. The maximum absolute atomic E-state index is 13.1. The van der Waals surface area contributed by atoms with Crippen molar-refractivity contribution < 1.29 is 14.8 Å². The third-order valence-electron chi connectivity index (χ3n) is 5.22. The molecule has 0 saturated carbocycles. The van der Waals surface area contributed by atoms with Crippen LogP contribution in [0.15, 0.2) is 39.3 Å². The van der Waals surface area contributed by atoms with E-state index in [9.17, 15) is 24.8 Å². The monoisotopic (exact) mass is 429 g/mol. The van der Waals surface area contributed by atoms with Gasteiger partial charge in [0.2, 0.25) is 5.88 Å². The van der Waals surface area contributed by atoms with Crippen molar-refractivity contribution in [1.29, 1.82) is 0 Å². The number of pyridine rings is 1. The molecule has 1 atom stereocenters. The van der Waals surface area contributed by atoms with Crippen molar-refractivity contribution in [2.45, 2.75) is 53.0 Å². The fourth-order valence-electron chi connectivity index (χ4n) is 3.37. The van der Waals surface area contributed by atoms with Crippen LogP contribution in [0, 0.1) is 23.0 Å². The van der Waals surface area contributed by atoms with Gasteiger partial charge in [0, 0.05) is 18.2 Å². The van der Waals surface area contributed by atoms with E-state index in [0.717, 1.165) is 30.3 Å². The average Bonchev–Trinajstić information content (AvgIpc) is 2.73. The number of para-hydroxylation sites is 1. The van der Waals surface area contributed by atoms with E-state index in [1.165, 1.54) is 25.1 Å². The smallest absolute Gasteiger partial charge is 0.296 e. The van der Waals surface area contributed by atoms with Crippen molar-refractivity contribution in [2.75, 3.05) is 0 Å². The lowest BCUT2D eigenvalue weighted by Gasteiger charge is -2.19. The Kier molecular flexibility index (Phi) is 8.00. The summed E-state index contributed by atoms with van der Waals surface area (Å²) in [5.74, 6) is -1.31. The highest BCUT2D eigenvalue weighted by molar-refractivity contribution is 5.97. The van der Waals surface area contributed by atoms with Gasteiger partial charge in [-0.3, -0.25) is 24.3 Å². The van der Waals surface area contributed by atoms with Gasteiger partial charge >= 0.3 is 0 Å². The summed E-state index contributed by atoms with van der Waals surface area (Å²) in [6.45, 7) is 5.67. The first-order chi connectivity index (χ1) is 14.7. The summed E-state index contributed by atoms with van der Waals surface area (Å²) < 4.78 is 1.09. The number of rotatable bonds is 10. The minimum absolute atomic E-state index is 0.0408. The number of carbonyl (C=O) groups is 1. The maximum Gasteiger partial charge on any atom is 0.296 e. The minimum atomic E-state index is -0.910. The Hall–Kier alpha value is -3.56. The summed E-state index contributed by atoms with van der Waals surface area (Å²) in [7, 11) is 0. The van der Waals surface area contributed by atoms with Crippen LogP contribution in [0.5, 0.6) is 5.88 Å². The summed E-state index contributed by atoms with van der Waals surface area (Å²) in [4.78, 5) is 35.7. The molecule has 0 bridgehead atoms. The van der Waals surface area contributed by atoms with E-state index in [-0.39, 0.29) is 40.7 Å². The molecule has 0 spiro atoms. The third kappa shape index (κ3) is 5.33. The molecule has 0 saturated heterocycles. The van der Waals surface area contributed by atoms with Crippen LogP contribution in [-0.2, 0) is 6.54 Å². The van der Waals surface area contributed by atoms with E-state index in [4.69, 9.17) is 5.73 Å². The number of primary amides is 1. The first-order valence-corrected chi connectivity index (χ1v) is 10.1. The van der Waals surface area contributed by atoms with Crippen LogP contribution in [0.4, 0.5) is 17.1 Å². The first-order valence-electron chi connectivity index (χ1n) is 10.1. The quantitative estimate of drug-likeness (QED) is 0.323. The number of nitrogens with two attached hydrogens (primary N) is 1. The molecular formula is C21H27N5O5. The Bertz CT molecular complexity index is 1060. The number of hydrogen-bond acceptors (Lipinski definition) is 7. The lowest BCUT2D eigenvalue weighted by Crippen LogP contribution is -2.28. The minimum Gasteiger partial charge on any atom is -0.494 e. The molecule has 10 heteroatoms. The number of nitro groups is 1. The number of nitro benzene ring substituents is 1. The van der Waals surface area contributed by atoms with Gasteiger partial charge in [0.1, 0.15) is 5.56 Å². The van der Waals surface area contributed by atoms with Crippen molar-refractivity contribution in [3.05, 3.63) is 55.9 Å². The zero-order chi connectivity index (χ0) is 23.1. The Balaban J connectivity index is 2.63. The number of amides is 1. The molecule has 166 valence electrons. The summed E-state index contributed by atoms with van der Waals surface area (Å²) in [6.07, 6.45) is 3.59. The highest BCUT2D eigenvalue weighted by atomic mass is 16.6. The van der Waals surface area contributed by atoms with Gasteiger partial charge in [-0.05, 0) is 25.3 Å². The highest BCUT2D eigenvalue weighted by Gasteiger charge is 2.24. The van der Waals surface area contributed by atoms with Crippen LogP contribution < -0.4 is 11.3 Å². The molecule has 10 nitrogen and oxygen atoms in total. The number of nitrogens with zero attached hydrogens (tertiary/aromatic N) is 4. The van der Waals surface area contributed by atoms with Crippen molar-refractivity contribution >= 4 is 23.0 Å². The molecule has 0 radical (unpaired) electrons. The van der Waals surface area contributed by atoms with Crippen LogP contribution in [0.2, 0.25) is 0 Å². The first kappa shape index (κ1) is 23.7. The molecule has 0 fully saturated rings. The van der Waals surface area contributed by atoms with Crippen molar-refractivity contribution in [3.63, 3.8) is 0 Å². The summed E-state index contributed by atoms with van der Waals surface area (Å²) >= 11 is 0. The zero-order valence-corrected chi connectivity index (χ0v) is 17.9. The van der Waals surface area contributed by atoms with Crippen molar-refractivity contribution in [3.8, 4) is 5.88 Å². The SMILES string of the molecule is CCCCC(CC)Cn1c(O)c(C(N)=O)c(C)c(N=Nc2ccccc2[N+](=O)[O-])c1=O. The van der Waals surface area contributed by atoms with Gasteiger partial charge in [-0.1, -0.05) is 45.2 Å². The lowest BCUT2D eigenvalue weighted by atomic mass is 9.98. The Morgan fingerprint density at radius 3 is 2.55 bits per heavy atom. The van der Waals surface area contributed by atoms with E-state index in [1.54, 1.807) is 6.07 Å². The fourth-order valence-corrected chi connectivity index (χ4v) is 3.37. The molecule has 0 aliphatic heterocycles. The number of benzene rings is 1. The normalized spacial score (nSPS) is 12.2. The molecule has 1 unspecified atom stereocenters. The molecule has 0 aliphatic rings. The topological polar surface area (TPSA) is 153 Å². The fraction of sp³-hybridized carbons (Fsp3) is 0.429. The second-order valence-electron chi connectivity index (χ2n) is 7.31. The molecule has 3 N–H and O–H groups in total. The Morgan fingerprint density at radius 2 is 1.97 bits per heavy atom. The summed E-state index contributed by atoms with van der Waals surface area (Å²) in [5, 5.41) is 29.6. The van der Waals surface area contributed by atoms with E-state index < -0.39 is 22.3 Å². The zero-order valence-electron chi connectivity index (χ0n) is 17.9. The summed E-state index contributed by atoms with van der Waals surface area (Å²) in [5.41, 5.74) is 4.13. The molecule has 1 amide bonds. The number of aromatic nitrogens is 1. The van der Waals surface area contributed by atoms with E-state index >= 15 is 0 Å². The molecule has 2 rings (SSSR count). The highest BCUT2D eigenvalue weighted by Crippen LogP contribution is 2.31. The number of hydrogen-bond donors (Lipinski definition) is 2. The number of carbonyl (C=O) groups excluding carboxylic acids is 1. The van der Waals surface area contributed by atoms with Gasteiger partial charge in [0.05, 0.1) is 4.92 Å². The number of azo groups is 1. The third-order valence-corrected chi connectivity index (χ3v) is 5.22. The van der Waals surface area contributed by atoms with Gasteiger partial charge in [-0.25, -0.2) is 0 Å². The predicted octanol–water partition coefficient (Wildman–Crippen LogP) is 4.50. The van der Waals surface area contributed by atoms with E-state index in [2.05, 4.69) is 17.2 Å². The molecule has 1 aromatic heterocycles. The molecular weight excluding hydrogens is 402 g/mol. The maximum atomic E-state index is 13.1. The molecule has 0 aliphatic carbocycles. The predicted molar refractivity (Wildman–Crippen MR) is 116 cm³/mol. The molecule has 2 aromatic rings. The van der Waals surface area contributed by atoms with Crippen LogP contribution in [0.25, 0.3) is 0 Å². The van der Waals surface area contributed by atoms with Crippen LogP contribution in [-0.4, -0.2) is 20.5 Å². The second kappa shape index (κ2) is 10.5. The standard InChI is InChI=1S/C21H27N5O5/c1-4-6-9-14(5-2)12-25-20(28)17(19(22)27)13(3)18(21(25)29)24-23-15-10-7-8-11-16(15)26(30)31/h7-8,10-11,14,28H,4-6,9,12H2,1-3H3,(H2,22,27). The van der Waals surface area contributed by atoms with E-state index in [0.29, 0.717) is 0 Å². The molecule has 1 aromatic carbocycles. The summed E-state index contributed by atoms with van der Waals surface area (Å²) in [6, 6.07) is 5.70. The van der Waals surface area contributed by atoms with Gasteiger partial charge in [0.15, 0.2) is 11.4 Å². The van der Waals surface area contributed by atoms with Crippen LogP contribution in [0.1, 0.15) is 55.5 Å². The van der Waals surface area contributed by atoms with Crippen LogP contribution in [0.3, 0.4) is 0 Å². The van der Waals surface area contributed by atoms with Crippen LogP contribution >= 0.6 is 0 Å². The van der Waals surface area contributed by atoms with E-state index in [1.807, 2.05) is 6.92 Å². The van der Waals surface area contributed by atoms with Gasteiger partial charge in [-0.2, -0.15) is 0 Å². The van der Waals surface area contributed by atoms with Gasteiger partial charge in [0.25, 0.3) is 17.2 Å². The number of unbranched alkanes of at least 4 members (excludes halogenated alkanes) is 1. The second-order valence-corrected chi connectivity index (χ2v) is 7.31.